The molecule has 2 heterocycles. The number of hydrogen-bond donors (Lipinski definition) is 1. The van der Waals surface area contributed by atoms with Crippen LogP contribution < -0.4 is 0 Å². The molecule has 0 aliphatic carbocycles. The molecule has 1 N–H and O–H groups in total. The molecule has 0 aliphatic heterocycles. The third kappa shape index (κ3) is 2.27. The minimum Gasteiger partial charge on any atom is -0.476 e. The Morgan fingerprint density at radius 2 is 1.95 bits per heavy atom. The Morgan fingerprint density at radius 1 is 1.16 bits per heavy atom. The van der Waals surface area contributed by atoms with E-state index in [2.05, 4.69) is 9.97 Å². The lowest BCUT2D eigenvalue weighted by Crippen LogP contribution is -1.98. The highest BCUT2D eigenvalue weighted by atomic mass is 32.1. The van der Waals surface area contributed by atoms with Crippen LogP contribution in [-0.2, 0) is 0 Å². The SMILES string of the molecule is O=C(O)c1nc(-c2nccs2)sc1-c1ccccc1. The Labute approximate surface area is 117 Å². The molecule has 0 atom stereocenters. The van der Waals surface area contributed by atoms with Crippen LogP contribution in [0.5, 0.6) is 0 Å². The maximum atomic E-state index is 11.3. The molecular formula is C13H8N2O2S2. The number of aromatic carboxylic acids is 1. The molecule has 0 radical (unpaired) electrons. The second-order valence-electron chi connectivity index (χ2n) is 3.71. The number of carboxylic acids is 1. The van der Waals surface area contributed by atoms with Gasteiger partial charge >= 0.3 is 5.97 Å². The molecule has 19 heavy (non-hydrogen) atoms. The molecule has 0 bridgehead atoms. The van der Waals surface area contributed by atoms with Gasteiger partial charge in [-0.05, 0) is 5.56 Å². The summed E-state index contributed by atoms with van der Waals surface area (Å²) in [6.07, 6.45) is 1.68. The van der Waals surface area contributed by atoms with E-state index in [-0.39, 0.29) is 5.69 Å². The van der Waals surface area contributed by atoms with Crippen LogP contribution in [-0.4, -0.2) is 21.0 Å². The van der Waals surface area contributed by atoms with Crippen LogP contribution in [0.4, 0.5) is 0 Å². The van der Waals surface area contributed by atoms with E-state index in [4.69, 9.17) is 0 Å². The van der Waals surface area contributed by atoms with Gasteiger partial charge in [-0.25, -0.2) is 14.8 Å². The Bertz CT molecular complexity index is 706. The first-order valence-corrected chi connectivity index (χ1v) is 7.14. The van der Waals surface area contributed by atoms with E-state index in [0.717, 1.165) is 10.6 Å². The van der Waals surface area contributed by atoms with Crippen LogP contribution in [0.1, 0.15) is 10.5 Å². The summed E-state index contributed by atoms with van der Waals surface area (Å²) >= 11 is 2.80. The number of carboxylic acid groups (broad SMARTS) is 1. The van der Waals surface area contributed by atoms with Crippen LogP contribution in [0.25, 0.3) is 20.5 Å². The lowest BCUT2D eigenvalue weighted by atomic mass is 10.1. The molecule has 4 nitrogen and oxygen atoms in total. The number of hydrogen-bond acceptors (Lipinski definition) is 5. The number of rotatable bonds is 3. The summed E-state index contributed by atoms with van der Waals surface area (Å²) in [5.41, 5.74) is 0.946. The van der Waals surface area contributed by atoms with Crippen molar-refractivity contribution in [3.05, 3.63) is 47.6 Å². The molecule has 0 spiro atoms. The van der Waals surface area contributed by atoms with Gasteiger partial charge in [-0.3, -0.25) is 0 Å². The van der Waals surface area contributed by atoms with Crippen LogP contribution in [0.2, 0.25) is 0 Å². The molecular weight excluding hydrogens is 280 g/mol. The average molecular weight is 288 g/mol. The van der Waals surface area contributed by atoms with Crippen LogP contribution >= 0.6 is 22.7 Å². The Balaban J connectivity index is 2.16. The third-order valence-corrected chi connectivity index (χ3v) is 4.50. The summed E-state index contributed by atoms with van der Waals surface area (Å²) in [7, 11) is 0. The molecule has 0 amide bonds. The van der Waals surface area contributed by atoms with E-state index in [1.807, 2.05) is 35.7 Å². The van der Waals surface area contributed by atoms with Crippen molar-refractivity contribution in [1.29, 1.82) is 0 Å². The summed E-state index contributed by atoms with van der Waals surface area (Å²) in [5, 5.41) is 12.5. The Hall–Kier alpha value is -2.05. The number of benzene rings is 1. The predicted octanol–water partition coefficient (Wildman–Crippen LogP) is 3.63. The first-order chi connectivity index (χ1) is 9.25. The summed E-state index contributed by atoms with van der Waals surface area (Å²) in [6, 6.07) is 9.41. The number of aromatic nitrogens is 2. The molecule has 0 unspecified atom stereocenters. The molecule has 6 heteroatoms. The van der Waals surface area contributed by atoms with Gasteiger partial charge in [0.2, 0.25) is 0 Å². The van der Waals surface area contributed by atoms with Crippen molar-refractivity contribution in [3.63, 3.8) is 0 Å². The second kappa shape index (κ2) is 4.91. The zero-order valence-corrected chi connectivity index (χ0v) is 11.2. The summed E-state index contributed by atoms with van der Waals surface area (Å²) in [6.45, 7) is 0. The van der Waals surface area contributed by atoms with Gasteiger partial charge in [-0.2, -0.15) is 0 Å². The minimum absolute atomic E-state index is 0.0846. The van der Waals surface area contributed by atoms with Gasteiger partial charge in [0, 0.05) is 11.6 Å². The van der Waals surface area contributed by atoms with Crippen molar-refractivity contribution in [2.45, 2.75) is 0 Å². The van der Waals surface area contributed by atoms with Gasteiger partial charge in [0.15, 0.2) is 15.7 Å². The highest BCUT2D eigenvalue weighted by molar-refractivity contribution is 7.22. The molecule has 3 rings (SSSR count). The van der Waals surface area contributed by atoms with Crippen molar-refractivity contribution in [1.82, 2.24) is 9.97 Å². The maximum Gasteiger partial charge on any atom is 0.356 e. The highest BCUT2D eigenvalue weighted by Gasteiger charge is 2.20. The van der Waals surface area contributed by atoms with Crippen LogP contribution in [0.15, 0.2) is 41.9 Å². The number of nitrogens with zero attached hydrogens (tertiary/aromatic N) is 2. The van der Waals surface area contributed by atoms with Crippen molar-refractivity contribution < 1.29 is 9.90 Å². The van der Waals surface area contributed by atoms with Gasteiger partial charge in [-0.15, -0.1) is 22.7 Å². The van der Waals surface area contributed by atoms with Crippen molar-refractivity contribution in [2.24, 2.45) is 0 Å². The molecule has 0 fully saturated rings. The smallest absolute Gasteiger partial charge is 0.356 e. The number of thiazole rings is 2. The third-order valence-electron chi connectivity index (χ3n) is 2.48. The lowest BCUT2D eigenvalue weighted by molar-refractivity contribution is 0.0692. The first kappa shape index (κ1) is 12.0. The van der Waals surface area contributed by atoms with Crippen LogP contribution in [0.3, 0.4) is 0 Å². The molecule has 3 aromatic rings. The normalized spacial score (nSPS) is 10.5. The molecule has 0 saturated heterocycles. The zero-order chi connectivity index (χ0) is 13.2. The van der Waals surface area contributed by atoms with E-state index in [1.165, 1.54) is 22.7 Å². The van der Waals surface area contributed by atoms with E-state index in [0.29, 0.717) is 9.88 Å². The fourth-order valence-electron chi connectivity index (χ4n) is 1.67. The largest absolute Gasteiger partial charge is 0.476 e. The fraction of sp³-hybridized carbons (Fsp3) is 0. The van der Waals surface area contributed by atoms with Crippen molar-refractivity contribution in [2.75, 3.05) is 0 Å². The minimum atomic E-state index is -1.02. The average Bonchev–Trinajstić information content (AvgIpc) is 3.08. The Kier molecular flexibility index (Phi) is 3.10. The Morgan fingerprint density at radius 3 is 2.58 bits per heavy atom. The van der Waals surface area contributed by atoms with Gasteiger partial charge in [-0.1, -0.05) is 30.3 Å². The molecule has 0 saturated carbocycles. The van der Waals surface area contributed by atoms with Gasteiger partial charge in [0.1, 0.15) is 0 Å². The lowest BCUT2D eigenvalue weighted by Gasteiger charge is -1.97. The van der Waals surface area contributed by atoms with Crippen LogP contribution in [0, 0.1) is 0 Å². The predicted molar refractivity (Wildman–Crippen MR) is 75.6 cm³/mol. The van der Waals surface area contributed by atoms with E-state index < -0.39 is 5.97 Å². The molecule has 1 aromatic carbocycles. The highest BCUT2D eigenvalue weighted by Crippen LogP contribution is 2.36. The second-order valence-corrected chi connectivity index (χ2v) is 5.60. The molecule has 0 aliphatic rings. The topological polar surface area (TPSA) is 63.1 Å². The van der Waals surface area contributed by atoms with Gasteiger partial charge in [0.05, 0.1) is 4.88 Å². The van der Waals surface area contributed by atoms with E-state index >= 15 is 0 Å². The summed E-state index contributed by atoms with van der Waals surface area (Å²) < 4.78 is 0. The maximum absolute atomic E-state index is 11.3. The summed E-state index contributed by atoms with van der Waals surface area (Å²) in [5.74, 6) is -1.02. The summed E-state index contributed by atoms with van der Waals surface area (Å²) in [4.78, 5) is 20.3. The van der Waals surface area contributed by atoms with Gasteiger partial charge in [0.25, 0.3) is 0 Å². The fourth-order valence-corrected chi connectivity index (χ4v) is 3.41. The monoisotopic (exact) mass is 288 g/mol. The van der Waals surface area contributed by atoms with E-state index in [9.17, 15) is 9.90 Å². The van der Waals surface area contributed by atoms with E-state index in [1.54, 1.807) is 6.20 Å². The molecule has 94 valence electrons. The van der Waals surface area contributed by atoms with Gasteiger partial charge < -0.3 is 5.11 Å². The quantitative estimate of drug-likeness (QED) is 0.799. The van der Waals surface area contributed by atoms with Crippen molar-refractivity contribution >= 4 is 28.6 Å². The zero-order valence-electron chi connectivity index (χ0n) is 9.61. The standard InChI is InChI=1S/C13H8N2O2S2/c16-13(17)9-10(8-4-2-1-3-5-8)19-12(15-9)11-14-6-7-18-11/h1-7H,(H,16,17). The number of carbonyl (C=O) groups is 1. The molecule has 2 aromatic heterocycles. The first-order valence-electron chi connectivity index (χ1n) is 5.45. The van der Waals surface area contributed by atoms with Crippen molar-refractivity contribution in [3.8, 4) is 20.5 Å².